The largest absolute Gasteiger partial charge is 0.478 e. The van der Waals surface area contributed by atoms with Crippen LogP contribution in [0, 0.1) is 6.92 Å². The van der Waals surface area contributed by atoms with Crippen LogP contribution in [0.5, 0.6) is 0 Å². The van der Waals surface area contributed by atoms with Gasteiger partial charge in [-0.2, -0.15) is 0 Å². The molecule has 0 aliphatic heterocycles. The number of hydrogen-bond acceptors (Lipinski definition) is 4. The summed E-state index contributed by atoms with van der Waals surface area (Å²) in [6.07, 6.45) is 0.392. The maximum atomic E-state index is 11.1. The van der Waals surface area contributed by atoms with E-state index in [0.29, 0.717) is 23.5 Å². The third kappa shape index (κ3) is 3.31. The summed E-state index contributed by atoms with van der Waals surface area (Å²) in [5.41, 5.74) is 0.802. The lowest BCUT2D eigenvalue weighted by Crippen LogP contribution is -2.07. The molecule has 1 aromatic heterocycles. The van der Waals surface area contributed by atoms with Crippen molar-refractivity contribution in [3.63, 3.8) is 0 Å². The molecule has 1 rings (SSSR count). The van der Waals surface area contributed by atoms with Gasteiger partial charge in [0.15, 0.2) is 6.29 Å². The quantitative estimate of drug-likeness (QED) is 0.657. The molecule has 1 aromatic rings. The molecule has 3 N–H and O–H groups in total. The number of aliphatic hydroxyl groups is 2. The van der Waals surface area contributed by atoms with Crippen LogP contribution in [-0.4, -0.2) is 27.6 Å². The Kier molecular flexibility index (Phi) is 4.72. The van der Waals surface area contributed by atoms with Gasteiger partial charge in [-0.05, 0) is 13.3 Å². The Bertz CT molecular complexity index is 392. The Morgan fingerprint density at radius 3 is 2.41 bits per heavy atom. The zero-order valence-electron chi connectivity index (χ0n) is 10.1. The molecule has 0 aromatic carbocycles. The van der Waals surface area contributed by atoms with Gasteiger partial charge in [0.25, 0.3) is 0 Å². The number of aryl methyl sites for hydroxylation is 2. The van der Waals surface area contributed by atoms with Gasteiger partial charge in [-0.1, -0.05) is 6.92 Å². The van der Waals surface area contributed by atoms with Crippen LogP contribution in [0.4, 0.5) is 0 Å². The molecule has 0 amide bonds. The van der Waals surface area contributed by atoms with Gasteiger partial charge >= 0.3 is 5.97 Å². The van der Waals surface area contributed by atoms with Gasteiger partial charge in [-0.15, -0.1) is 0 Å². The molecule has 0 radical (unpaired) electrons. The highest BCUT2D eigenvalue weighted by Crippen LogP contribution is 2.24. The van der Waals surface area contributed by atoms with E-state index >= 15 is 0 Å². The van der Waals surface area contributed by atoms with Crippen LogP contribution in [0.25, 0.3) is 0 Å². The summed E-state index contributed by atoms with van der Waals surface area (Å²) in [6, 6.07) is 0. The topological polar surface area (TPSA) is 90.9 Å². The number of aliphatic hydroxyl groups excluding tert-OH is 1. The monoisotopic (exact) mass is 242 g/mol. The summed E-state index contributed by atoms with van der Waals surface area (Å²) in [7, 11) is 0. The Morgan fingerprint density at radius 1 is 1.29 bits per heavy atom. The lowest BCUT2D eigenvalue weighted by atomic mass is 10.1. The van der Waals surface area contributed by atoms with Crippen molar-refractivity contribution in [3.05, 3.63) is 22.6 Å². The van der Waals surface area contributed by atoms with E-state index in [1.165, 1.54) is 0 Å². The molecule has 1 heterocycles. The van der Waals surface area contributed by atoms with Crippen molar-refractivity contribution in [1.82, 2.24) is 0 Å². The molecule has 0 bridgehead atoms. The van der Waals surface area contributed by atoms with E-state index in [2.05, 4.69) is 0 Å². The minimum atomic E-state index is -1.45. The zero-order valence-corrected chi connectivity index (χ0v) is 10.1. The number of carboxylic acids is 1. The molecule has 0 saturated heterocycles. The second-order valence-electron chi connectivity index (χ2n) is 4.02. The number of aromatic carboxylic acids is 1. The number of carbonyl (C=O) groups is 1. The van der Waals surface area contributed by atoms with Crippen LogP contribution in [0.3, 0.4) is 0 Å². The van der Waals surface area contributed by atoms with Crippen molar-refractivity contribution in [2.45, 2.75) is 45.8 Å². The second-order valence-corrected chi connectivity index (χ2v) is 4.02. The molecule has 96 valence electrons. The third-order valence-electron chi connectivity index (χ3n) is 2.64. The molecule has 0 atom stereocenters. The van der Waals surface area contributed by atoms with Gasteiger partial charge < -0.3 is 19.7 Å². The van der Waals surface area contributed by atoms with Crippen LogP contribution < -0.4 is 0 Å². The fourth-order valence-corrected chi connectivity index (χ4v) is 1.81. The third-order valence-corrected chi connectivity index (χ3v) is 2.64. The Hall–Kier alpha value is -1.33. The summed E-state index contributed by atoms with van der Waals surface area (Å²) in [5, 5.41) is 26.7. The standard InChI is InChI=1S/C12H18O5/c1-3-4-8-7(2)11(12(15)16)9(17-8)5-6-10(13)14/h10,13-14H,3-6H2,1-2H3,(H,15,16). The molecule has 5 nitrogen and oxygen atoms in total. The van der Waals surface area contributed by atoms with Crippen molar-refractivity contribution >= 4 is 5.97 Å². The van der Waals surface area contributed by atoms with E-state index < -0.39 is 12.3 Å². The molecular formula is C12H18O5. The second kappa shape index (κ2) is 5.84. The lowest BCUT2D eigenvalue weighted by Gasteiger charge is -2.01. The van der Waals surface area contributed by atoms with Crippen LogP contribution in [-0.2, 0) is 12.8 Å². The maximum absolute atomic E-state index is 11.1. The van der Waals surface area contributed by atoms with Crippen LogP contribution in [0.15, 0.2) is 4.42 Å². The number of furan rings is 1. The molecule has 5 heteroatoms. The van der Waals surface area contributed by atoms with E-state index in [9.17, 15) is 4.79 Å². The summed E-state index contributed by atoms with van der Waals surface area (Å²) in [4.78, 5) is 11.1. The minimum Gasteiger partial charge on any atom is -0.478 e. The molecule has 0 aliphatic carbocycles. The summed E-state index contributed by atoms with van der Waals surface area (Å²) >= 11 is 0. The zero-order chi connectivity index (χ0) is 13.0. The van der Waals surface area contributed by atoms with Gasteiger partial charge in [0.05, 0.1) is 0 Å². The average Bonchev–Trinajstić information content (AvgIpc) is 2.53. The number of rotatable bonds is 6. The van der Waals surface area contributed by atoms with Crippen molar-refractivity contribution < 1.29 is 24.5 Å². The van der Waals surface area contributed by atoms with E-state index in [-0.39, 0.29) is 18.4 Å². The fraction of sp³-hybridized carbons (Fsp3) is 0.583. The van der Waals surface area contributed by atoms with Crippen LogP contribution in [0.1, 0.15) is 47.2 Å². The number of hydrogen-bond donors (Lipinski definition) is 3. The first-order valence-corrected chi connectivity index (χ1v) is 5.67. The fourth-order valence-electron chi connectivity index (χ4n) is 1.81. The van der Waals surface area contributed by atoms with Crippen molar-refractivity contribution in [3.8, 4) is 0 Å². The van der Waals surface area contributed by atoms with Gasteiger partial charge in [-0.3, -0.25) is 0 Å². The van der Waals surface area contributed by atoms with Gasteiger partial charge in [0.2, 0.25) is 0 Å². The summed E-state index contributed by atoms with van der Waals surface area (Å²) in [5.74, 6) is -0.0325. The molecule has 0 spiro atoms. The average molecular weight is 242 g/mol. The van der Waals surface area contributed by atoms with Gasteiger partial charge in [0, 0.05) is 24.8 Å². The summed E-state index contributed by atoms with van der Waals surface area (Å²) in [6.45, 7) is 3.70. The van der Waals surface area contributed by atoms with E-state index in [1.54, 1.807) is 6.92 Å². The predicted octanol–water partition coefficient (Wildman–Crippen LogP) is 1.48. The Morgan fingerprint density at radius 2 is 1.94 bits per heavy atom. The highest BCUT2D eigenvalue weighted by atomic mass is 16.5. The Labute approximate surface area is 99.7 Å². The number of carboxylic acid groups (broad SMARTS) is 1. The first-order chi connectivity index (χ1) is 7.97. The smallest absolute Gasteiger partial charge is 0.339 e. The molecule has 0 unspecified atom stereocenters. The van der Waals surface area contributed by atoms with E-state index in [4.69, 9.17) is 19.7 Å². The minimum absolute atomic E-state index is 0.0683. The molecule has 17 heavy (non-hydrogen) atoms. The van der Waals surface area contributed by atoms with Crippen molar-refractivity contribution in [2.24, 2.45) is 0 Å². The van der Waals surface area contributed by atoms with Gasteiger partial charge in [0.1, 0.15) is 17.1 Å². The van der Waals surface area contributed by atoms with Crippen LogP contribution in [0.2, 0.25) is 0 Å². The molecule has 0 saturated carbocycles. The van der Waals surface area contributed by atoms with E-state index in [1.807, 2.05) is 6.92 Å². The first kappa shape index (κ1) is 13.7. The highest BCUT2D eigenvalue weighted by molar-refractivity contribution is 5.90. The normalized spacial score (nSPS) is 11.1. The predicted molar refractivity (Wildman–Crippen MR) is 60.9 cm³/mol. The molecule has 0 fully saturated rings. The molecular weight excluding hydrogens is 224 g/mol. The lowest BCUT2D eigenvalue weighted by molar-refractivity contribution is -0.0455. The Balaban J connectivity index is 3.01. The van der Waals surface area contributed by atoms with Crippen molar-refractivity contribution in [2.75, 3.05) is 0 Å². The highest BCUT2D eigenvalue weighted by Gasteiger charge is 2.22. The maximum Gasteiger partial charge on any atom is 0.339 e. The first-order valence-electron chi connectivity index (χ1n) is 5.67. The van der Waals surface area contributed by atoms with Crippen molar-refractivity contribution in [1.29, 1.82) is 0 Å². The van der Waals surface area contributed by atoms with Crippen LogP contribution >= 0.6 is 0 Å². The molecule has 0 aliphatic rings. The van der Waals surface area contributed by atoms with E-state index in [0.717, 1.165) is 6.42 Å². The van der Waals surface area contributed by atoms with Gasteiger partial charge in [-0.25, -0.2) is 4.79 Å². The SMILES string of the molecule is CCCc1oc(CCC(O)O)c(C(=O)O)c1C. The summed E-state index contributed by atoms with van der Waals surface area (Å²) < 4.78 is 5.49.